The van der Waals surface area contributed by atoms with Gasteiger partial charge in [-0.15, -0.1) is 0 Å². The van der Waals surface area contributed by atoms with Crippen LogP contribution >= 0.6 is 0 Å². The maximum atomic E-state index is 11.1. The van der Waals surface area contributed by atoms with Crippen molar-refractivity contribution in [2.75, 3.05) is 34.1 Å². The maximum absolute atomic E-state index is 11.1. The molecular weight excluding hydrogens is 346 g/mol. The molecule has 0 spiro atoms. The van der Waals surface area contributed by atoms with E-state index >= 15 is 0 Å². The summed E-state index contributed by atoms with van der Waals surface area (Å²) in [5.41, 5.74) is 2.21. The number of likely N-dealkylation sites (N-methyl/N-ethyl adjacent to an activating group) is 1. The molecule has 3 aliphatic heterocycles. The van der Waals surface area contributed by atoms with Gasteiger partial charge in [0.05, 0.1) is 18.8 Å². The Morgan fingerprint density at radius 2 is 2.19 bits per heavy atom. The van der Waals surface area contributed by atoms with Gasteiger partial charge in [0.25, 0.3) is 0 Å². The molecule has 0 aromatic heterocycles. The highest BCUT2D eigenvalue weighted by Gasteiger charge is 2.38. The number of benzene rings is 1. The van der Waals surface area contributed by atoms with Gasteiger partial charge < -0.3 is 24.1 Å². The topological polar surface area (TPSA) is 60.4 Å². The van der Waals surface area contributed by atoms with Gasteiger partial charge in [0.2, 0.25) is 12.5 Å². The summed E-state index contributed by atoms with van der Waals surface area (Å²) in [4.78, 5) is 2.32. The van der Waals surface area contributed by atoms with Crippen LogP contribution < -0.4 is 14.2 Å². The van der Waals surface area contributed by atoms with Crippen LogP contribution in [0, 0.1) is 5.92 Å². The number of hydrogen-bond acceptors (Lipinski definition) is 6. The molecule has 0 saturated carbocycles. The number of methoxy groups -OCH3 is 1. The average molecular weight is 377 g/mol. The Bertz CT molecular complexity index is 704. The number of ether oxygens (including phenoxy) is 4. The van der Waals surface area contributed by atoms with Crippen molar-refractivity contribution >= 4 is 0 Å². The van der Waals surface area contributed by atoms with Crippen molar-refractivity contribution in [3.8, 4) is 17.2 Å². The molecule has 6 nitrogen and oxygen atoms in total. The van der Waals surface area contributed by atoms with Crippen LogP contribution in [0.25, 0.3) is 0 Å². The fourth-order valence-corrected chi connectivity index (χ4v) is 4.85. The van der Waals surface area contributed by atoms with E-state index in [2.05, 4.69) is 31.9 Å². The third-order valence-corrected chi connectivity index (χ3v) is 6.29. The van der Waals surface area contributed by atoms with Gasteiger partial charge in [0, 0.05) is 24.8 Å². The first-order chi connectivity index (χ1) is 12.9. The van der Waals surface area contributed by atoms with Crippen LogP contribution in [0.5, 0.6) is 17.2 Å². The first-order valence-corrected chi connectivity index (χ1v) is 9.91. The van der Waals surface area contributed by atoms with E-state index in [9.17, 15) is 5.11 Å². The van der Waals surface area contributed by atoms with Crippen LogP contribution in [0.4, 0.5) is 0 Å². The Morgan fingerprint density at radius 1 is 1.37 bits per heavy atom. The second-order valence-corrected chi connectivity index (χ2v) is 8.63. The van der Waals surface area contributed by atoms with Crippen LogP contribution in [-0.2, 0) is 11.2 Å². The summed E-state index contributed by atoms with van der Waals surface area (Å²) in [6.45, 7) is 6.12. The van der Waals surface area contributed by atoms with E-state index in [1.54, 1.807) is 7.11 Å². The Hall–Kier alpha value is -1.50. The van der Waals surface area contributed by atoms with E-state index in [4.69, 9.17) is 18.9 Å². The lowest BCUT2D eigenvalue weighted by Crippen LogP contribution is -2.41. The number of fused-ring (bicyclic) bond motifs is 2. The van der Waals surface area contributed by atoms with Crippen LogP contribution in [0.15, 0.2) is 6.07 Å². The quantitative estimate of drug-likeness (QED) is 0.871. The standard InChI is InChI=1S/C21H31NO5/c1-21(2)11-14(6-8-27-21)16(23)10-15-18-13(5-7-22(15)3)9-17-19(20(18)24-4)26-12-25-17/h9,14-16,23H,5-8,10-12H2,1-4H3/t14-,15+,16-/m1/s1. The minimum atomic E-state index is -0.373. The van der Waals surface area contributed by atoms with Crippen LogP contribution in [0.3, 0.4) is 0 Å². The van der Waals surface area contributed by atoms with Gasteiger partial charge in [-0.25, -0.2) is 0 Å². The van der Waals surface area contributed by atoms with Gasteiger partial charge in [-0.05, 0) is 64.1 Å². The molecule has 1 N–H and O–H groups in total. The summed E-state index contributed by atoms with van der Waals surface area (Å²) in [5.74, 6) is 2.47. The molecule has 0 radical (unpaired) electrons. The highest BCUT2D eigenvalue weighted by molar-refractivity contribution is 5.61. The summed E-state index contributed by atoms with van der Waals surface area (Å²) >= 11 is 0. The zero-order valence-electron chi connectivity index (χ0n) is 16.8. The Kier molecular flexibility index (Phi) is 4.99. The third-order valence-electron chi connectivity index (χ3n) is 6.29. The highest BCUT2D eigenvalue weighted by Crippen LogP contribution is 2.50. The molecule has 0 aliphatic carbocycles. The monoisotopic (exact) mass is 377 g/mol. The lowest BCUT2D eigenvalue weighted by Gasteiger charge is -2.41. The van der Waals surface area contributed by atoms with Gasteiger partial charge in [-0.3, -0.25) is 4.90 Å². The summed E-state index contributed by atoms with van der Waals surface area (Å²) < 4.78 is 22.9. The van der Waals surface area contributed by atoms with Crippen molar-refractivity contribution in [1.82, 2.24) is 4.90 Å². The lowest BCUT2D eigenvalue weighted by molar-refractivity contribution is -0.0987. The van der Waals surface area contributed by atoms with Gasteiger partial charge in [-0.1, -0.05) is 0 Å². The molecule has 150 valence electrons. The molecule has 0 amide bonds. The molecular formula is C21H31NO5. The molecule has 1 fully saturated rings. The van der Waals surface area contributed by atoms with Crippen molar-refractivity contribution in [3.05, 3.63) is 17.2 Å². The fraction of sp³-hybridized carbons (Fsp3) is 0.714. The zero-order valence-corrected chi connectivity index (χ0v) is 16.8. The van der Waals surface area contributed by atoms with Gasteiger partial charge in [0.15, 0.2) is 11.5 Å². The van der Waals surface area contributed by atoms with Crippen molar-refractivity contribution in [2.24, 2.45) is 5.92 Å². The largest absolute Gasteiger partial charge is 0.492 e. The number of aliphatic hydroxyl groups excluding tert-OH is 1. The zero-order chi connectivity index (χ0) is 19.2. The molecule has 3 aliphatic rings. The molecule has 1 aromatic carbocycles. The third kappa shape index (κ3) is 3.50. The van der Waals surface area contributed by atoms with Crippen molar-refractivity contribution in [2.45, 2.75) is 57.3 Å². The van der Waals surface area contributed by atoms with E-state index in [0.717, 1.165) is 42.9 Å². The number of nitrogens with zero attached hydrogens (tertiary/aromatic N) is 1. The Balaban J connectivity index is 1.62. The first kappa shape index (κ1) is 18.8. The molecule has 0 unspecified atom stereocenters. The van der Waals surface area contributed by atoms with E-state index in [-0.39, 0.29) is 30.5 Å². The average Bonchev–Trinajstić information content (AvgIpc) is 3.09. The summed E-state index contributed by atoms with van der Waals surface area (Å²) in [7, 11) is 3.80. The SMILES string of the molecule is COc1c2c(cc3c1[C@H](C[C@@H](O)[C@@H]1CCOC(C)(C)C1)N(C)CC3)OCO2. The first-order valence-electron chi connectivity index (χ1n) is 9.91. The molecule has 1 saturated heterocycles. The van der Waals surface area contributed by atoms with Gasteiger partial charge >= 0.3 is 0 Å². The molecule has 6 heteroatoms. The summed E-state index contributed by atoms with van der Waals surface area (Å²) in [5, 5.41) is 11.1. The van der Waals surface area contributed by atoms with Crippen molar-refractivity contribution < 1.29 is 24.1 Å². The minimum absolute atomic E-state index is 0.0964. The molecule has 3 atom stereocenters. The van der Waals surface area contributed by atoms with E-state index in [0.29, 0.717) is 18.8 Å². The van der Waals surface area contributed by atoms with Crippen LogP contribution in [0.1, 0.15) is 50.3 Å². The smallest absolute Gasteiger partial charge is 0.231 e. The summed E-state index contributed by atoms with van der Waals surface area (Å²) in [6.07, 6.45) is 3.04. The molecule has 27 heavy (non-hydrogen) atoms. The maximum Gasteiger partial charge on any atom is 0.231 e. The number of rotatable bonds is 4. The number of hydrogen-bond donors (Lipinski definition) is 1. The van der Waals surface area contributed by atoms with Gasteiger partial charge in [-0.2, -0.15) is 0 Å². The van der Waals surface area contributed by atoms with Crippen molar-refractivity contribution in [3.63, 3.8) is 0 Å². The molecule has 4 rings (SSSR count). The van der Waals surface area contributed by atoms with Gasteiger partial charge in [0.1, 0.15) is 0 Å². The minimum Gasteiger partial charge on any atom is -0.492 e. The van der Waals surface area contributed by atoms with E-state index in [1.807, 2.05) is 0 Å². The summed E-state index contributed by atoms with van der Waals surface area (Å²) in [6, 6.07) is 2.18. The van der Waals surface area contributed by atoms with E-state index < -0.39 is 0 Å². The number of aliphatic hydroxyl groups is 1. The molecule has 3 heterocycles. The fourth-order valence-electron chi connectivity index (χ4n) is 4.85. The Morgan fingerprint density at radius 3 is 2.93 bits per heavy atom. The predicted octanol–water partition coefficient (Wildman–Crippen LogP) is 2.91. The normalized spacial score (nSPS) is 27.9. The Labute approximate surface area is 161 Å². The van der Waals surface area contributed by atoms with Crippen LogP contribution in [-0.4, -0.2) is 55.8 Å². The second-order valence-electron chi connectivity index (χ2n) is 8.63. The molecule has 0 bridgehead atoms. The lowest BCUT2D eigenvalue weighted by atomic mass is 9.80. The second kappa shape index (κ2) is 7.15. The van der Waals surface area contributed by atoms with Crippen molar-refractivity contribution in [1.29, 1.82) is 0 Å². The van der Waals surface area contributed by atoms with E-state index in [1.165, 1.54) is 5.56 Å². The highest BCUT2D eigenvalue weighted by atomic mass is 16.7. The predicted molar refractivity (Wildman–Crippen MR) is 102 cm³/mol. The van der Waals surface area contributed by atoms with Crippen LogP contribution in [0.2, 0.25) is 0 Å². The molecule has 1 aromatic rings.